The molecule has 0 aliphatic carbocycles. The number of aromatic nitrogens is 2. The Hall–Kier alpha value is -1.61. The second-order valence-corrected chi connectivity index (χ2v) is 3.55. The van der Waals surface area contributed by atoms with E-state index in [1.54, 1.807) is 0 Å². The van der Waals surface area contributed by atoms with Crippen molar-refractivity contribution in [3.63, 3.8) is 0 Å². The van der Waals surface area contributed by atoms with Crippen LogP contribution >= 0.6 is 11.6 Å². The molecule has 1 heterocycles. The third-order valence-corrected chi connectivity index (χ3v) is 1.99. The maximum absolute atomic E-state index is 11.9. The van der Waals surface area contributed by atoms with Gasteiger partial charge in [-0.05, 0) is 11.6 Å². The van der Waals surface area contributed by atoms with E-state index in [1.165, 1.54) is 0 Å². The van der Waals surface area contributed by atoms with E-state index < -0.39 is 24.9 Å². The molecule has 1 aromatic rings. The number of hydrazine groups is 1. The van der Waals surface area contributed by atoms with Crippen molar-refractivity contribution < 1.29 is 18.0 Å². The minimum Gasteiger partial charge on any atom is -0.322 e. The minimum atomic E-state index is -4.39. The van der Waals surface area contributed by atoms with Gasteiger partial charge in [0, 0.05) is 6.42 Å². The van der Waals surface area contributed by atoms with Gasteiger partial charge in [-0.25, -0.2) is 10.8 Å². The Morgan fingerprint density at radius 1 is 1.50 bits per heavy atom. The molecule has 0 spiro atoms. The third kappa shape index (κ3) is 4.72. The molecule has 4 N–H and O–H groups in total. The van der Waals surface area contributed by atoms with Gasteiger partial charge in [0.25, 0.3) is 0 Å². The van der Waals surface area contributed by atoms with Crippen LogP contribution in [0, 0.1) is 0 Å². The maximum Gasteiger partial charge on any atom is 0.389 e. The largest absolute Gasteiger partial charge is 0.389 e. The summed E-state index contributed by atoms with van der Waals surface area (Å²) in [5.41, 5.74) is 2.19. The molecule has 0 unspecified atom stereocenters. The number of hydrogen-bond donors (Lipinski definition) is 3. The van der Waals surface area contributed by atoms with Crippen molar-refractivity contribution in [2.24, 2.45) is 5.84 Å². The third-order valence-electron chi connectivity index (χ3n) is 1.81. The van der Waals surface area contributed by atoms with Gasteiger partial charge in [0.05, 0.1) is 12.6 Å². The summed E-state index contributed by atoms with van der Waals surface area (Å²) in [5.74, 6) is 4.29. The number of nitrogens with one attached hydrogen (secondary N) is 2. The van der Waals surface area contributed by atoms with Gasteiger partial charge in [0.2, 0.25) is 11.2 Å². The zero-order valence-electron chi connectivity index (χ0n) is 8.88. The smallest absolute Gasteiger partial charge is 0.322 e. The molecule has 0 aliphatic rings. The fourth-order valence-electron chi connectivity index (χ4n) is 1.03. The van der Waals surface area contributed by atoms with Crippen molar-refractivity contribution in [3.8, 4) is 0 Å². The first-order chi connectivity index (χ1) is 8.31. The molecule has 1 aromatic heterocycles. The van der Waals surface area contributed by atoms with Gasteiger partial charge in [0.15, 0.2) is 5.82 Å². The highest BCUT2D eigenvalue weighted by atomic mass is 35.5. The zero-order chi connectivity index (χ0) is 13.8. The molecular formula is C8H9ClF3N5O. The van der Waals surface area contributed by atoms with Crippen molar-refractivity contribution in [2.45, 2.75) is 19.0 Å². The maximum atomic E-state index is 11.9. The van der Waals surface area contributed by atoms with E-state index in [4.69, 9.17) is 17.4 Å². The number of amides is 1. The Morgan fingerprint density at radius 2 is 2.17 bits per heavy atom. The van der Waals surface area contributed by atoms with Crippen LogP contribution in [0.25, 0.3) is 0 Å². The van der Waals surface area contributed by atoms with Crippen molar-refractivity contribution in [3.05, 3.63) is 11.5 Å². The topological polar surface area (TPSA) is 92.9 Å². The number of carbonyl (C=O) groups is 1. The highest BCUT2D eigenvalue weighted by molar-refractivity contribution is 6.28. The van der Waals surface area contributed by atoms with Crippen LogP contribution in [-0.2, 0) is 4.79 Å². The second kappa shape index (κ2) is 5.83. The van der Waals surface area contributed by atoms with Crippen LogP contribution < -0.4 is 16.6 Å². The SMILES string of the molecule is NNc1nc(Cl)ncc1NC(=O)CCC(F)(F)F. The van der Waals surface area contributed by atoms with Crippen molar-refractivity contribution in [1.82, 2.24) is 9.97 Å². The average Bonchev–Trinajstić information content (AvgIpc) is 2.28. The molecule has 0 aliphatic heterocycles. The Morgan fingerprint density at radius 3 is 2.72 bits per heavy atom. The van der Waals surface area contributed by atoms with E-state index in [0.717, 1.165) is 6.20 Å². The number of nitrogens with zero attached hydrogens (tertiary/aromatic N) is 2. The molecule has 0 fully saturated rings. The summed E-state index contributed by atoms with van der Waals surface area (Å²) in [6, 6.07) is 0. The van der Waals surface area contributed by atoms with Gasteiger partial charge < -0.3 is 10.7 Å². The van der Waals surface area contributed by atoms with Gasteiger partial charge >= 0.3 is 6.18 Å². The van der Waals surface area contributed by atoms with E-state index >= 15 is 0 Å². The van der Waals surface area contributed by atoms with E-state index in [-0.39, 0.29) is 16.8 Å². The number of carbonyl (C=O) groups excluding carboxylic acids is 1. The number of alkyl halides is 3. The molecule has 0 aromatic carbocycles. The molecule has 18 heavy (non-hydrogen) atoms. The van der Waals surface area contributed by atoms with Crippen LogP contribution in [-0.4, -0.2) is 22.1 Å². The summed E-state index contributed by atoms with van der Waals surface area (Å²) in [6.07, 6.45) is -5.16. The number of halogens is 4. The molecule has 10 heteroatoms. The van der Waals surface area contributed by atoms with E-state index in [0.29, 0.717) is 0 Å². The molecule has 0 bridgehead atoms. The summed E-state index contributed by atoms with van der Waals surface area (Å²) in [6.45, 7) is 0. The number of nitrogen functional groups attached to an aromatic ring is 1. The molecule has 100 valence electrons. The predicted molar refractivity (Wildman–Crippen MR) is 58.8 cm³/mol. The van der Waals surface area contributed by atoms with Crippen molar-refractivity contribution in [2.75, 3.05) is 10.7 Å². The quantitative estimate of drug-likeness (QED) is 0.444. The first kappa shape index (κ1) is 14.5. The standard InChI is InChI=1S/C8H9ClF3N5O/c9-7-14-3-4(6(16-7)17-13)15-5(18)1-2-8(10,11)12/h3H,1-2,13H2,(H,15,18)(H,14,16,17). The van der Waals surface area contributed by atoms with E-state index in [1.807, 2.05) is 0 Å². The van der Waals surface area contributed by atoms with Crippen molar-refractivity contribution >= 4 is 29.0 Å². The Labute approximate surface area is 105 Å². The number of hydrogen-bond acceptors (Lipinski definition) is 5. The molecule has 0 atom stereocenters. The lowest BCUT2D eigenvalue weighted by Crippen LogP contribution is -2.19. The monoisotopic (exact) mass is 283 g/mol. The van der Waals surface area contributed by atoms with E-state index in [9.17, 15) is 18.0 Å². The van der Waals surface area contributed by atoms with Crippen molar-refractivity contribution in [1.29, 1.82) is 0 Å². The number of nitrogens with two attached hydrogens (primary N) is 1. The molecule has 0 radical (unpaired) electrons. The fraction of sp³-hybridized carbons (Fsp3) is 0.375. The molecule has 1 amide bonds. The lowest BCUT2D eigenvalue weighted by Gasteiger charge is -2.10. The van der Waals surface area contributed by atoms with Gasteiger partial charge in [-0.1, -0.05) is 0 Å². The molecular weight excluding hydrogens is 275 g/mol. The van der Waals surface area contributed by atoms with Gasteiger partial charge in [-0.15, -0.1) is 0 Å². The summed E-state index contributed by atoms with van der Waals surface area (Å²) >= 11 is 5.47. The second-order valence-electron chi connectivity index (χ2n) is 3.21. The van der Waals surface area contributed by atoms with Crippen LogP contribution in [0.1, 0.15) is 12.8 Å². The molecule has 0 saturated heterocycles. The Balaban J connectivity index is 2.64. The summed E-state index contributed by atoms with van der Waals surface area (Å²) in [5, 5.41) is 2.08. The van der Waals surface area contributed by atoms with Crippen LogP contribution in [0.3, 0.4) is 0 Å². The predicted octanol–water partition coefficient (Wildman–Crippen LogP) is 1.70. The Bertz CT molecular complexity index is 439. The normalized spacial score (nSPS) is 11.2. The Kier molecular flexibility index (Phi) is 4.68. The summed E-state index contributed by atoms with van der Waals surface area (Å²) < 4.78 is 35.7. The van der Waals surface area contributed by atoms with Crippen LogP contribution in [0.15, 0.2) is 6.20 Å². The van der Waals surface area contributed by atoms with Gasteiger partial charge in [-0.3, -0.25) is 4.79 Å². The lowest BCUT2D eigenvalue weighted by atomic mass is 10.3. The fourth-order valence-corrected chi connectivity index (χ4v) is 1.16. The van der Waals surface area contributed by atoms with Crippen LogP contribution in [0.4, 0.5) is 24.7 Å². The van der Waals surface area contributed by atoms with Gasteiger partial charge in [-0.2, -0.15) is 18.2 Å². The number of rotatable bonds is 4. The van der Waals surface area contributed by atoms with Crippen LogP contribution in [0.5, 0.6) is 0 Å². The first-order valence-corrected chi connectivity index (χ1v) is 5.05. The zero-order valence-corrected chi connectivity index (χ0v) is 9.64. The van der Waals surface area contributed by atoms with Crippen LogP contribution in [0.2, 0.25) is 5.28 Å². The van der Waals surface area contributed by atoms with E-state index in [2.05, 4.69) is 20.7 Å². The lowest BCUT2D eigenvalue weighted by molar-refractivity contribution is -0.142. The molecule has 1 rings (SSSR count). The molecule has 0 saturated carbocycles. The molecule has 6 nitrogen and oxygen atoms in total. The van der Waals surface area contributed by atoms with Gasteiger partial charge in [0.1, 0.15) is 5.69 Å². The summed E-state index contributed by atoms with van der Waals surface area (Å²) in [7, 11) is 0. The summed E-state index contributed by atoms with van der Waals surface area (Å²) in [4.78, 5) is 18.5. The highest BCUT2D eigenvalue weighted by Gasteiger charge is 2.28. The highest BCUT2D eigenvalue weighted by Crippen LogP contribution is 2.23. The number of anilines is 2. The average molecular weight is 284 g/mol. The first-order valence-electron chi connectivity index (χ1n) is 4.67. The minimum absolute atomic E-state index is 0.00959.